The minimum Gasteiger partial charge on any atom is -0.465 e. The lowest BCUT2D eigenvalue weighted by Gasteiger charge is -2.17. The van der Waals surface area contributed by atoms with Crippen LogP contribution in [0.3, 0.4) is 0 Å². The van der Waals surface area contributed by atoms with Crippen molar-refractivity contribution in [3.63, 3.8) is 0 Å². The van der Waals surface area contributed by atoms with Crippen LogP contribution in [0.25, 0.3) is 11.2 Å². The maximum Gasteiger partial charge on any atom is 0.302 e. The molecular formula is C13H18N6O4. The molecule has 3 N–H and O–H groups in total. The number of aromatic nitrogens is 4. The predicted octanol–water partition coefficient (Wildman–Crippen LogP) is -0.146. The number of nitrogens with one attached hydrogen (secondary N) is 1. The van der Waals surface area contributed by atoms with Gasteiger partial charge in [-0.3, -0.25) is 15.0 Å². The molecule has 0 aliphatic rings. The van der Waals surface area contributed by atoms with E-state index >= 15 is 0 Å². The molecular weight excluding hydrogens is 304 g/mol. The predicted molar refractivity (Wildman–Crippen MR) is 79.9 cm³/mol. The maximum atomic E-state index is 11.0. The monoisotopic (exact) mass is 322 g/mol. The van der Waals surface area contributed by atoms with E-state index in [0.717, 1.165) is 0 Å². The second-order valence-electron chi connectivity index (χ2n) is 4.91. The summed E-state index contributed by atoms with van der Waals surface area (Å²) in [7, 11) is 0. The Morgan fingerprint density at radius 1 is 1.26 bits per heavy atom. The Bertz CT molecular complexity index is 683. The third kappa shape index (κ3) is 4.61. The van der Waals surface area contributed by atoms with Crippen LogP contribution in [0.15, 0.2) is 12.5 Å². The smallest absolute Gasteiger partial charge is 0.302 e. The van der Waals surface area contributed by atoms with E-state index in [0.29, 0.717) is 17.7 Å². The molecule has 10 nitrogen and oxygen atoms in total. The normalized spacial score (nSPS) is 10.8. The lowest BCUT2D eigenvalue weighted by molar-refractivity contribution is -0.146. The number of rotatable bonds is 7. The number of anilines is 1. The first-order valence-electron chi connectivity index (χ1n) is 6.90. The van der Waals surface area contributed by atoms with Gasteiger partial charge in [0.15, 0.2) is 5.65 Å². The van der Waals surface area contributed by atoms with Crippen LogP contribution in [-0.4, -0.2) is 44.7 Å². The molecule has 2 aromatic rings. The number of hydrazine groups is 1. The Morgan fingerprint density at radius 3 is 2.48 bits per heavy atom. The molecule has 124 valence electrons. The molecule has 0 atom stereocenters. The summed E-state index contributed by atoms with van der Waals surface area (Å²) in [6.45, 7) is 3.28. The van der Waals surface area contributed by atoms with Crippen LogP contribution in [0, 0.1) is 5.92 Å². The SMILES string of the molecule is CC(=O)OCC(COC(C)=O)Cn1cnc2cnc(NN)nc21. The first-order chi connectivity index (χ1) is 11.0. The summed E-state index contributed by atoms with van der Waals surface area (Å²) in [4.78, 5) is 34.4. The van der Waals surface area contributed by atoms with Gasteiger partial charge in [-0.2, -0.15) is 4.98 Å². The van der Waals surface area contributed by atoms with Gasteiger partial charge in [0.25, 0.3) is 0 Å². The molecule has 0 radical (unpaired) electrons. The fourth-order valence-corrected chi connectivity index (χ4v) is 1.96. The zero-order valence-electron chi connectivity index (χ0n) is 12.9. The van der Waals surface area contributed by atoms with Gasteiger partial charge in [0, 0.05) is 26.3 Å². The molecule has 10 heteroatoms. The van der Waals surface area contributed by atoms with Crippen LogP contribution in [0.2, 0.25) is 0 Å². The number of ether oxygens (including phenoxy) is 2. The first-order valence-corrected chi connectivity index (χ1v) is 6.90. The lowest BCUT2D eigenvalue weighted by Crippen LogP contribution is -2.24. The number of hydrogen-bond donors (Lipinski definition) is 2. The van der Waals surface area contributed by atoms with Gasteiger partial charge < -0.3 is 14.0 Å². The summed E-state index contributed by atoms with van der Waals surface area (Å²) >= 11 is 0. The van der Waals surface area contributed by atoms with Gasteiger partial charge in [-0.05, 0) is 0 Å². The summed E-state index contributed by atoms with van der Waals surface area (Å²) in [6, 6.07) is 0. The number of hydrogen-bond acceptors (Lipinski definition) is 9. The highest BCUT2D eigenvalue weighted by molar-refractivity contribution is 5.70. The van der Waals surface area contributed by atoms with Gasteiger partial charge in [-0.1, -0.05) is 0 Å². The molecule has 0 aliphatic carbocycles. The number of carbonyl (C=O) groups is 2. The second-order valence-corrected chi connectivity index (χ2v) is 4.91. The van der Waals surface area contributed by atoms with Crippen molar-refractivity contribution >= 4 is 29.1 Å². The molecule has 2 rings (SSSR count). The van der Waals surface area contributed by atoms with Crippen LogP contribution >= 0.6 is 0 Å². The third-order valence-electron chi connectivity index (χ3n) is 2.99. The fraction of sp³-hybridized carbons (Fsp3) is 0.462. The van der Waals surface area contributed by atoms with E-state index in [4.69, 9.17) is 15.3 Å². The van der Waals surface area contributed by atoms with Crippen LogP contribution in [0.5, 0.6) is 0 Å². The standard InChI is InChI=1S/C13H18N6O4/c1-8(20)22-5-10(6-23-9(2)21)4-19-7-16-11-3-15-13(18-14)17-12(11)19/h3,7,10H,4-6,14H2,1-2H3,(H,15,17,18). The number of fused-ring (bicyclic) bond motifs is 1. The quantitative estimate of drug-likeness (QED) is 0.405. The lowest BCUT2D eigenvalue weighted by atomic mass is 10.2. The van der Waals surface area contributed by atoms with Crippen molar-refractivity contribution in [1.29, 1.82) is 0 Å². The Kier molecular flexibility index (Phi) is 5.41. The van der Waals surface area contributed by atoms with E-state index in [2.05, 4.69) is 20.4 Å². The van der Waals surface area contributed by atoms with Crippen molar-refractivity contribution in [2.75, 3.05) is 18.6 Å². The van der Waals surface area contributed by atoms with Crippen LogP contribution < -0.4 is 11.3 Å². The highest BCUT2D eigenvalue weighted by Crippen LogP contribution is 2.14. The number of nitrogens with two attached hydrogens (primary N) is 1. The van der Waals surface area contributed by atoms with E-state index in [-0.39, 0.29) is 25.1 Å². The minimum atomic E-state index is -0.398. The van der Waals surface area contributed by atoms with Crippen molar-refractivity contribution in [1.82, 2.24) is 19.5 Å². The van der Waals surface area contributed by atoms with Gasteiger partial charge in [0.05, 0.1) is 25.7 Å². The molecule has 0 saturated heterocycles. The minimum absolute atomic E-state index is 0.120. The Morgan fingerprint density at radius 2 is 1.91 bits per heavy atom. The highest BCUT2D eigenvalue weighted by Gasteiger charge is 2.16. The Labute approximate surface area is 132 Å². The summed E-state index contributed by atoms with van der Waals surface area (Å²) in [6.07, 6.45) is 3.13. The molecule has 0 bridgehead atoms. The molecule has 23 heavy (non-hydrogen) atoms. The van der Waals surface area contributed by atoms with E-state index < -0.39 is 11.9 Å². The molecule has 0 fully saturated rings. The number of imidazole rings is 1. The van der Waals surface area contributed by atoms with Gasteiger partial charge in [-0.15, -0.1) is 0 Å². The maximum absolute atomic E-state index is 11.0. The average molecular weight is 322 g/mol. The average Bonchev–Trinajstić information content (AvgIpc) is 2.91. The Balaban J connectivity index is 2.16. The van der Waals surface area contributed by atoms with Crippen LogP contribution in [0.4, 0.5) is 5.95 Å². The Hall–Kier alpha value is -2.75. The number of nitrogens with zero attached hydrogens (tertiary/aromatic N) is 4. The molecule has 0 unspecified atom stereocenters. The summed E-state index contributed by atoms with van der Waals surface area (Å²) in [5, 5.41) is 0. The van der Waals surface area contributed by atoms with E-state index in [1.807, 2.05) is 0 Å². The van der Waals surface area contributed by atoms with Crippen molar-refractivity contribution in [3.8, 4) is 0 Å². The molecule has 0 aromatic carbocycles. The third-order valence-corrected chi connectivity index (χ3v) is 2.99. The number of nitrogen functional groups attached to an aromatic ring is 1. The van der Waals surface area contributed by atoms with Crippen molar-refractivity contribution in [2.45, 2.75) is 20.4 Å². The first kappa shape index (κ1) is 16.6. The molecule has 2 aromatic heterocycles. The van der Waals surface area contributed by atoms with Gasteiger partial charge in [0.1, 0.15) is 5.52 Å². The summed E-state index contributed by atoms with van der Waals surface area (Å²) < 4.78 is 11.8. The fourth-order valence-electron chi connectivity index (χ4n) is 1.96. The molecule has 0 spiro atoms. The van der Waals surface area contributed by atoms with Gasteiger partial charge >= 0.3 is 11.9 Å². The number of carbonyl (C=O) groups excluding carboxylic acids is 2. The van der Waals surface area contributed by atoms with Gasteiger partial charge in [0.2, 0.25) is 5.95 Å². The summed E-state index contributed by atoms with van der Waals surface area (Å²) in [5.74, 6) is 4.54. The second kappa shape index (κ2) is 7.49. The largest absolute Gasteiger partial charge is 0.465 e. The van der Waals surface area contributed by atoms with Crippen LogP contribution in [-0.2, 0) is 25.6 Å². The molecule has 0 aliphatic heterocycles. The molecule has 0 amide bonds. The van der Waals surface area contributed by atoms with E-state index in [9.17, 15) is 9.59 Å². The topological polar surface area (TPSA) is 134 Å². The molecule has 0 saturated carbocycles. The zero-order chi connectivity index (χ0) is 16.8. The van der Waals surface area contributed by atoms with E-state index in [1.165, 1.54) is 13.8 Å². The van der Waals surface area contributed by atoms with Crippen molar-refractivity contribution in [3.05, 3.63) is 12.5 Å². The summed E-state index contributed by atoms with van der Waals surface area (Å²) in [5.41, 5.74) is 3.54. The zero-order valence-corrected chi connectivity index (χ0v) is 12.9. The van der Waals surface area contributed by atoms with Crippen molar-refractivity contribution < 1.29 is 19.1 Å². The van der Waals surface area contributed by atoms with Crippen LogP contribution in [0.1, 0.15) is 13.8 Å². The number of esters is 2. The highest BCUT2D eigenvalue weighted by atomic mass is 16.5. The van der Waals surface area contributed by atoms with Crippen molar-refractivity contribution in [2.24, 2.45) is 11.8 Å². The molecule has 2 heterocycles. The van der Waals surface area contributed by atoms with Gasteiger partial charge in [-0.25, -0.2) is 15.8 Å². The van der Waals surface area contributed by atoms with E-state index in [1.54, 1.807) is 17.1 Å².